The Hall–Kier alpha value is -2.52. The third-order valence-electron chi connectivity index (χ3n) is 2.55. The first-order valence-electron chi connectivity index (χ1n) is 5.47. The van der Waals surface area contributed by atoms with Gasteiger partial charge in [0.1, 0.15) is 5.69 Å². The quantitative estimate of drug-likeness (QED) is 0.533. The van der Waals surface area contributed by atoms with E-state index in [1.165, 1.54) is 0 Å². The van der Waals surface area contributed by atoms with E-state index in [1.807, 2.05) is 0 Å². The maximum Gasteiger partial charge on any atom is 0.303 e. The second-order valence-electron chi connectivity index (χ2n) is 3.97. The molecule has 0 saturated carbocycles. The summed E-state index contributed by atoms with van der Waals surface area (Å²) in [7, 11) is 0. The van der Waals surface area contributed by atoms with Crippen molar-refractivity contribution in [2.45, 2.75) is 12.8 Å². The number of benzene rings is 1. The van der Waals surface area contributed by atoms with Crippen LogP contribution < -0.4 is 0 Å². The van der Waals surface area contributed by atoms with Gasteiger partial charge in [0.05, 0.1) is 18.3 Å². The van der Waals surface area contributed by atoms with E-state index < -0.39 is 40.7 Å². The van der Waals surface area contributed by atoms with Crippen LogP contribution in [-0.4, -0.2) is 26.1 Å². The molecule has 0 aliphatic carbocycles. The average molecular weight is 307 g/mol. The molecule has 0 spiro atoms. The summed E-state index contributed by atoms with van der Waals surface area (Å²) in [6.07, 6.45) is 0.460. The normalized spacial score (nSPS) is 10.9. The molecule has 2 rings (SSSR count). The van der Waals surface area contributed by atoms with Crippen LogP contribution in [0, 0.1) is 29.1 Å². The van der Waals surface area contributed by atoms with Crippen LogP contribution in [0.1, 0.15) is 12.1 Å². The first-order chi connectivity index (χ1) is 9.82. The predicted octanol–water partition coefficient (Wildman–Crippen LogP) is 1.98. The Morgan fingerprint density at radius 1 is 1.05 bits per heavy atom. The van der Waals surface area contributed by atoms with Crippen LogP contribution >= 0.6 is 0 Å². The maximum absolute atomic E-state index is 13.5. The van der Waals surface area contributed by atoms with Crippen LogP contribution in [0.5, 0.6) is 0 Å². The summed E-state index contributed by atoms with van der Waals surface area (Å²) in [5.41, 5.74) is -1.25. The van der Waals surface area contributed by atoms with Gasteiger partial charge in [-0.15, -0.1) is 5.10 Å². The smallest absolute Gasteiger partial charge is 0.303 e. The maximum atomic E-state index is 13.5. The van der Waals surface area contributed by atoms with E-state index >= 15 is 0 Å². The number of hydrogen-bond donors (Lipinski definition) is 1. The van der Waals surface area contributed by atoms with Crippen molar-refractivity contribution in [3.8, 4) is 5.69 Å². The lowest BCUT2D eigenvalue weighted by Gasteiger charge is -2.06. The van der Waals surface area contributed by atoms with Crippen molar-refractivity contribution in [3.63, 3.8) is 0 Å². The molecule has 0 radical (unpaired) electrons. The topological polar surface area (TPSA) is 68.0 Å². The molecule has 1 aromatic carbocycles. The zero-order chi connectivity index (χ0) is 15.7. The summed E-state index contributed by atoms with van der Waals surface area (Å²) in [5.74, 6) is -11.7. The molecule has 5 nitrogen and oxygen atoms in total. The Morgan fingerprint density at radius 3 is 2.10 bits per heavy atom. The van der Waals surface area contributed by atoms with Crippen molar-refractivity contribution in [2.24, 2.45) is 0 Å². The highest BCUT2D eigenvalue weighted by Gasteiger charge is 2.27. The Balaban J connectivity index is 2.46. The monoisotopic (exact) mass is 307 g/mol. The van der Waals surface area contributed by atoms with Crippen LogP contribution in [0.2, 0.25) is 0 Å². The fourth-order valence-electron chi connectivity index (χ4n) is 1.55. The van der Waals surface area contributed by atoms with E-state index in [-0.39, 0.29) is 18.5 Å². The highest BCUT2D eigenvalue weighted by Crippen LogP contribution is 2.25. The van der Waals surface area contributed by atoms with Crippen LogP contribution in [0.15, 0.2) is 6.20 Å². The minimum absolute atomic E-state index is 0.0290. The Labute approximate surface area is 113 Å². The summed E-state index contributed by atoms with van der Waals surface area (Å²) < 4.78 is 66.4. The van der Waals surface area contributed by atoms with Gasteiger partial charge in [-0.25, -0.2) is 26.6 Å². The summed E-state index contributed by atoms with van der Waals surface area (Å²) in [6, 6.07) is 0. The fourth-order valence-corrected chi connectivity index (χ4v) is 1.55. The first-order valence-corrected chi connectivity index (χ1v) is 5.47. The summed E-state index contributed by atoms with van der Waals surface area (Å²) >= 11 is 0. The average Bonchev–Trinajstić information content (AvgIpc) is 2.89. The van der Waals surface area contributed by atoms with Gasteiger partial charge in [0, 0.05) is 6.42 Å². The van der Waals surface area contributed by atoms with Gasteiger partial charge in [0.2, 0.25) is 5.82 Å². The van der Waals surface area contributed by atoms with Gasteiger partial charge in [0.15, 0.2) is 23.3 Å². The van der Waals surface area contributed by atoms with Gasteiger partial charge in [-0.05, 0) is 0 Å². The van der Waals surface area contributed by atoms with Crippen LogP contribution in [0.3, 0.4) is 0 Å². The molecule has 2 aromatic rings. The van der Waals surface area contributed by atoms with Gasteiger partial charge in [-0.2, -0.15) is 0 Å². The lowest BCUT2D eigenvalue weighted by Crippen LogP contribution is -2.10. The van der Waals surface area contributed by atoms with Crippen molar-refractivity contribution in [1.29, 1.82) is 0 Å². The molecular weight excluding hydrogens is 301 g/mol. The number of aliphatic carboxylic acids is 1. The largest absolute Gasteiger partial charge is 0.481 e. The molecule has 1 N–H and O–H groups in total. The number of aromatic nitrogens is 3. The van der Waals surface area contributed by atoms with Gasteiger partial charge >= 0.3 is 5.97 Å². The third kappa shape index (κ3) is 2.69. The lowest BCUT2D eigenvalue weighted by molar-refractivity contribution is -0.136. The van der Waals surface area contributed by atoms with Crippen molar-refractivity contribution in [1.82, 2.24) is 15.0 Å². The third-order valence-corrected chi connectivity index (χ3v) is 2.55. The predicted molar refractivity (Wildman–Crippen MR) is 57.1 cm³/mol. The van der Waals surface area contributed by atoms with Gasteiger partial charge in [-0.1, -0.05) is 5.21 Å². The lowest BCUT2D eigenvalue weighted by atomic mass is 10.2. The molecule has 0 fully saturated rings. The van der Waals surface area contributed by atoms with Crippen molar-refractivity contribution in [2.75, 3.05) is 0 Å². The van der Waals surface area contributed by atoms with E-state index in [0.717, 1.165) is 6.20 Å². The van der Waals surface area contributed by atoms with E-state index in [2.05, 4.69) is 10.3 Å². The zero-order valence-corrected chi connectivity index (χ0v) is 10.1. The van der Waals surface area contributed by atoms with Crippen molar-refractivity contribution < 1.29 is 31.9 Å². The molecule has 21 heavy (non-hydrogen) atoms. The Bertz CT molecular complexity index is 687. The van der Waals surface area contributed by atoms with Crippen LogP contribution in [-0.2, 0) is 11.2 Å². The number of carboxylic acid groups (broad SMARTS) is 1. The van der Waals surface area contributed by atoms with E-state index in [4.69, 9.17) is 5.11 Å². The molecule has 10 heteroatoms. The van der Waals surface area contributed by atoms with E-state index in [1.54, 1.807) is 0 Å². The molecular formula is C11H6F5N3O2. The second kappa shape index (κ2) is 5.46. The SMILES string of the molecule is O=C(O)CCc1cn(-c2c(F)c(F)c(F)c(F)c2F)nn1. The van der Waals surface area contributed by atoms with Gasteiger partial charge < -0.3 is 5.11 Å². The number of carboxylic acids is 1. The van der Waals surface area contributed by atoms with Crippen LogP contribution in [0.4, 0.5) is 22.0 Å². The molecule has 0 unspecified atom stereocenters. The zero-order valence-electron chi connectivity index (χ0n) is 10.1. The first kappa shape index (κ1) is 14.9. The fraction of sp³-hybridized carbons (Fsp3) is 0.182. The Morgan fingerprint density at radius 2 is 1.57 bits per heavy atom. The molecule has 1 aromatic heterocycles. The van der Waals surface area contributed by atoms with E-state index in [9.17, 15) is 26.7 Å². The second-order valence-corrected chi connectivity index (χ2v) is 3.97. The summed E-state index contributed by atoms with van der Waals surface area (Å²) in [4.78, 5) is 10.4. The minimum Gasteiger partial charge on any atom is -0.481 e. The molecule has 0 atom stereocenters. The van der Waals surface area contributed by atoms with Crippen LogP contribution in [0.25, 0.3) is 5.69 Å². The molecule has 0 saturated heterocycles. The number of nitrogens with zero attached hydrogens (tertiary/aromatic N) is 3. The molecule has 0 bridgehead atoms. The highest BCUT2D eigenvalue weighted by molar-refractivity contribution is 5.66. The van der Waals surface area contributed by atoms with Gasteiger partial charge in [0.25, 0.3) is 0 Å². The summed E-state index contributed by atoms with van der Waals surface area (Å²) in [6.45, 7) is 0. The number of rotatable bonds is 4. The number of halogens is 5. The highest BCUT2D eigenvalue weighted by atomic mass is 19.2. The molecule has 1 heterocycles. The van der Waals surface area contributed by atoms with E-state index in [0.29, 0.717) is 4.68 Å². The molecule has 0 amide bonds. The van der Waals surface area contributed by atoms with Gasteiger partial charge in [-0.3, -0.25) is 4.79 Å². The Kier molecular flexibility index (Phi) is 3.87. The van der Waals surface area contributed by atoms with Crippen molar-refractivity contribution in [3.05, 3.63) is 41.0 Å². The standard InChI is InChI=1S/C11H6F5N3O2/c12-6-7(13)9(15)11(10(16)8(6)14)19-3-4(17-18-19)1-2-5(20)21/h3H,1-2H2,(H,20,21). The van der Waals surface area contributed by atoms with Crippen molar-refractivity contribution >= 4 is 5.97 Å². The summed E-state index contributed by atoms with van der Waals surface area (Å²) in [5, 5.41) is 15.1. The number of carbonyl (C=O) groups is 1. The minimum atomic E-state index is -2.28. The number of hydrogen-bond acceptors (Lipinski definition) is 3. The molecule has 0 aliphatic heterocycles. The molecule has 0 aliphatic rings. The number of aryl methyl sites for hydroxylation is 1. The molecule has 112 valence electrons.